The van der Waals surface area contributed by atoms with Gasteiger partial charge in [0, 0.05) is 25.7 Å². The first-order valence-electron chi connectivity index (χ1n) is 8.84. The molecule has 1 aliphatic heterocycles. The van der Waals surface area contributed by atoms with E-state index in [1.807, 2.05) is 0 Å². The van der Waals surface area contributed by atoms with E-state index >= 15 is 0 Å². The summed E-state index contributed by atoms with van der Waals surface area (Å²) < 4.78 is 18.2. The van der Waals surface area contributed by atoms with Crippen molar-refractivity contribution in [2.45, 2.75) is 26.3 Å². The third kappa shape index (κ3) is 6.61. The number of nitrogens with one attached hydrogen (secondary N) is 3. The SMILES string of the molecule is CC(C)C(CNC(=O)NNC(=O)Cc1ccc(F)cc1)N1CCOCC1. The maximum absolute atomic E-state index is 12.8. The highest BCUT2D eigenvalue weighted by Crippen LogP contribution is 2.12. The molecule has 1 aromatic carbocycles. The summed E-state index contributed by atoms with van der Waals surface area (Å²) in [5.41, 5.74) is 5.36. The highest BCUT2D eigenvalue weighted by molar-refractivity contribution is 5.82. The van der Waals surface area contributed by atoms with Gasteiger partial charge in [0.25, 0.3) is 0 Å². The molecule has 0 radical (unpaired) electrons. The zero-order chi connectivity index (χ0) is 18.9. The van der Waals surface area contributed by atoms with Crippen molar-refractivity contribution >= 4 is 11.9 Å². The standard InChI is InChI=1S/C18H27FN4O3/c1-13(2)16(23-7-9-26-10-8-23)12-20-18(25)22-21-17(24)11-14-3-5-15(19)6-4-14/h3-6,13,16H,7-12H2,1-2H3,(H,21,24)(H2,20,22,25). The minimum Gasteiger partial charge on any atom is -0.379 e. The molecule has 0 aromatic heterocycles. The predicted molar refractivity (Wildman–Crippen MR) is 95.8 cm³/mol. The van der Waals surface area contributed by atoms with Crippen molar-refractivity contribution in [2.75, 3.05) is 32.8 Å². The number of hydrogen-bond acceptors (Lipinski definition) is 4. The molecule has 0 aliphatic carbocycles. The van der Waals surface area contributed by atoms with Crippen LogP contribution < -0.4 is 16.2 Å². The van der Waals surface area contributed by atoms with Crippen LogP contribution in [0.2, 0.25) is 0 Å². The Hall–Kier alpha value is -2.19. The molecule has 2 rings (SSSR count). The van der Waals surface area contributed by atoms with Gasteiger partial charge >= 0.3 is 6.03 Å². The number of carbonyl (C=O) groups is 2. The molecule has 1 saturated heterocycles. The normalized spacial score (nSPS) is 16.2. The molecule has 26 heavy (non-hydrogen) atoms. The van der Waals surface area contributed by atoms with Crippen LogP contribution >= 0.6 is 0 Å². The van der Waals surface area contributed by atoms with Gasteiger partial charge in [-0.3, -0.25) is 15.1 Å². The molecule has 8 heteroatoms. The Morgan fingerprint density at radius 1 is 1.15 bits per heavy atom. The van der Waals surface area contributed by atoms with Crippen LogP contribution in [-0.4, -0.2) is 55.7 Å². The van der Waals surface area contributed by atoms with Gasteiger partial charge in [0.05, 0.1) is 19.6 Å². The number of hydrogen-bond donors (Lipinski definition) is 3. The molecule has 0 bridgehead atoms. The largest absolute Gasteiger partial charge is 0.379 e. The minimum absolute atomic E-state index is 0.0585. The summed E-state index contributed by atoms with van der Waals surface area (Å²) >= 11 is 0. The maximum atomic E-state index is 12.8. The first kappa shape index (κ1) is 20.1. The number of ether oxygens (including phenoxy) is 1. The molecule has 1 fully saturated rings. The average molecular weight is 366 g/mol. The van der Waals surface area contributed by atoms with Crippen LogP contribution in [0.3, 0.4) is 0 Å². The second-order valence-corrected chi connectivity index (χ2v) is 6.65. The van der Waals surface area contributed by atoms with Crippen LogP contribution in [0.5, 0.6) is 0 Å². The van der Waals surface area contributed by atoms with Crippen LogP contribution in [0.25, 0.3) is 0 Å². The molecule has 144 valence electrons. The molecular formula is C18H27FN4O3. The predicted octanol–water partition coefficient (Wildman–Crippen LogP) is 1.06. The fourth-order valence-corrected chi connectivity index (χ4v) is 2.90. The van der Waals surface area contributed by atoms with Gasteiger partial charge < -0.3 is 10.1 Å². The van der Waals surface area contributed by atoms with E-state index in [2.05, 4.69) is 34.9 Å². The Balaban J connectivity index is 1.71. The summed E-state index contributed by atoms with van der Waals surface area (Å²) in [6.07, 6.45) is 0.0585. The molecule has 1 heterocycles. The highest BCUT2D eigenvalue weighted by atomic mass is 19.1. The number of hydrazine groups is 1. The lowest BCUT2D eigenvalue weighted by atomic mass is 10.0. The van der Waals surface area contributed by atoms with E-state index in [1.165, 1.54) is 24.3 Å². The van der Waals surface area contributed by atoms with Crippen molar-refractivity contribution in [3.8, 4) is 0 Å². The van der Waals surface area contributed by atoms with Crippen molar-refractivity contribution in [3.05, 3.63) is 35.6 Å². The zero-order valence-corrected chi connectivity index (χ0v) is 15.3. The molecular weight excluding hydrogens is 339 g/mol. The molecule has 3 amide bonds. The summed E-state index contributed by atoms with van der Waals surface area (Å²) in [6, 6.07) is 5.40. The van der Waals surface area contributed by atoms with Gasteiger partial charge in [0.1, 0.15) is 5.82 Å². The van der Waals surface area contributed by atoms with Crippen LogP contribution in [0.1, 0.15) is 19.4 Å². The van der Waals surface area contributed by atoms with Crippen molar-refractivity contribution in [1.82, 2.24) is 21.1 Å². The van der Waals surface area contributed by atoms with Gasteiger partial charge in [-0.1, -0.05) is 26.0 Å². The summed E-state index contributed by atoms with van der Waals surface area (Å²) in [7, 11) is 0. The Morgan fingerprint density at radius 2 is 1.81 bits per heavy atom. The smallest absolute Gasteiger partial charge is 0.333 e. The number of rotatable bonds is 6. The number of benzene rings is 1. The average Bonchev–Trinajstić information content (AvgIpc) is 2.63. The second-order valence-electron chi connectivity index (χ2n) is 6.65. The molecule has 1 aromatic rings. The van der Waals surface area contributed by atoms with E-state index in [9.17, 15) is 14.0 Å². The van der Waals surface area contributed by atoms with E-state index in [0.29, 0.717) is 31.2 Å². The Labute approximate surface area is 153 Å². The molecule has 1 unspecified atom stereocenters. The first-order chi connectivity index (χ1) is 12.5. The van der Waals surface area contributed by atoms with E-state index in [4.69, 9.17) is 4.74 Å². The quantitative estimate of drug-likeness (QED) is 0.658. The summed E-state index contributed by atoms with van der Waals surface area (Å²) in [6.45, 7) is 7.82. The van der Waals surface area contributed by atoms with Gasteiger partial charge in [-0.25, -0.2) is 14.6 Å². The minimum atomic E-state index is -0.462. The van der Waals surface area contributed by atoms with Crippen LogP contribution in [0, 0.1) is 11.7 Å². The van der Waals surface area contributed by atoms with Crippen LogP contribution in [0.4, 0.5) is 9.18 Å². The molecule has 3 N–H and O–H groups in total. The number of nitrogens with zero attached hydrogens (tertiary/aromatic N) is 1. The van der Waals surface area contributed by atoms with E-state index in [-0.39, 0.29) is 24.2 Å². The first-order valence-corrected chi connectivity index (χ1v) is 8.84. The maximum Gasteiger partial charge on any atom is 0.333 e. The van der Waals surface area contributed by atoms with Crippen molar-refractivity contribution < 1.29 is 18.7 Å². The lowest BCUT2D eigenvalue weighted by Gasteiger charge is -2.36. The third-order valence-electron chi connectivity index (χ3n) is 4.35. The number of halogens is 1. The van der Waals surface area contributed by atoms with Crippen LogP contribution in [-0.2, 0) is 16.0 Å². The van der Waals surface area contributed by atoms with E-state index < -0.39 is 6.03 Å². The number of carbonyl (C=O) groups excluding carboxylic acids is 2. The Bertz CT molecular complexity index is 589. The monoisotopic (exact) mass is 366 g/mol. The van der Waals surface area contributed by atoms with Gasteiger partial charge in [-0.05, 0) is 23.6 Å². The van der Waals surface area contributed by atoms with Gasteiger partial charge in [0.15, 0.2) is 0 Å². The molecule has 7 nitrogen and oxygen atoms in total. The highest BCUT2D eigenvalue weighted by Gasteiger charge is 2.24. The fraction of sp³-hybridized carbons (Fsp3) is 0.556. The second kappa shape index (κ2) is 10.1. The lowest BCUT2D eigenvalue weighted by molar-refractivity contribution is -0.121. The number of urea groups is 1. The zero-order valence-electron chi connectivity index (χ0n) is 15.3. The van der Waals surface area contributed by atoms with E-state index in [1.54, 1.807) is 0 Å². The fourth-order valence-electron chi connectivity index (χ4n) is 2.90. The van der Waals surface area contributed by atoms with Gasteiger partial charge in [-0.2, -0.15) is 0 Å². The summed E-state index contributed by atoms with van der Waals surface area (Å²) in [5.74, 6) is -0.353. The van der Waals surface area contributed by atoms with Gasteiger partial charge in [0.2, 0.25) is 5.91 Å². The summed E-state index contributed by atoms with van der Waals surface area (Å²) in [5, 5.41) is 2.79. The topological polar surface area (TPSA) is 82.7 Å². The third-order valence-corrected chi connectivity index (χ3v) is 4.35. The number of morpholine rings is 1. The molecule has 1 atom stereocenters. The lowest BCUT2D eigenvalue weighted by Crippen LogP contribution is -2.54. The Morgan fingerprint density at radius 3 is 2.42 bits per heavy atom. The van der Waals surface area contributed by atoms with Crippen molar-refractivity contribution in [3.63, 3.8) is 0 Å². The van der Waals surface area contributed by atoms with Crippen molar-refractivity contribution in [2.24, 2.45) is 5.92 Å². The Kier molecular flexibility index (Phi) is 7.80. The molecule has 0 spiro atoms. The van der Waals surface area contributed by atoms with Gasteiger partial charge in [-0.15, -0.1) is 0 Å². The molecule has 1 aliphatic rings. The molecule has 0 saturated carbocycles. The number of amides is 3. The summed E-state index contributed by atoms with van der Waals surface area (Å²) in [4.78, 5) is 26.1. The van der Waals surface area contributed by atoms with Crippen molar-refractivity contribution in [1.29, 1.82) is 0 Å². The van der Waals surface area contributed by atoms with E-state index in [0.717, 1.165) is 13.1 Å². The van der Waals surface area contributed by atoms with Crippen LogP contribution in [0.15, 0.2) is 24.3 Å².